The lowest BCUT2D eigenvalue weighted by atomic mass is 10.2. The number of hydrogen-bond acceptors (Lipinski definition) is 8. The van der Waals surface area contributed by atoms with Gasteiger partial charge in [-0.1, -0.05) is 17.7 Å². The van der Waals surface area contributed by atoms with Crippen LogP contribution in [0.5, 0.6) is 0 Å². The van der Waals surface area contributed by atoms with Crippen LogP contribution in [-0.2, 0) is 10.0 Å². The van der Waals surface area contributed by atoms with Crippen LogP contribution >= 0.6 is 0 Å². The van der Waals surface area contributed by atoms with Gasteiger partial charge in [-0.2, -0.15) is 3.97 Å². The van der Waals surface area contributed by atoms with Gasteiger partial charge in [0.25, 0.3) is 21.6 Å². The van der Waals surface area contributed by atoms with E-state index in [0.29, 0.717) is 3.97 Å². The largest absolute Gasteiger partial charge is 0.364 e. The van der Waals surface area contributed by atoms with Gasteiger partial charge in [-0.05, 0) is 31.2 Å². The highest BCUT2D eigenvalue weighted by atomic mass is 32.2. The number of H-pyrrole nitrogens is 1. The Hall–Kier alpha value is -4.39. The molecule has 12 nitrogen and oxygen atoms in total. The van der Waals surface area contributed by atoms with Crippen LogP contribution in [0, 0.1) is 17.0 Å². The van der Waals surface area contributed by atoms with E-state index in [-0.39, 0.29) is 33.1 Å². The van der Waals surface area contributed by atoms with Gasteiger partial charge in [-0.15, -0.1) is 0 Å². The number of carbonyl (C=O) groups is 1. The number of primary amides is 1. The average molecular weight is 454 g/mol. The highest BCUT2D eigenvalue weighted by Crippen LogP contribution is 2.24. The fourth-order valence-corrected chi connectivity index (χ4v) is 4.36. The number of carbonyl (C=O) groups excluding carboxylic acids is 1. The van der Waals surface area contributed by atoms with Gasteiger partial charge in [0, 0.05) is 17.7 Å². The molecule has 0 saturated carbocycles. The van der Waals surface area contributed by atoms with Crippen LogP contribution < -0.4 is 11.4 Å². The van der Waals surface area contributed by atoms with Crippen molar-refractivity contribution in [3.05, 3.63) is 80.4 Å². The van der Waals surface area contributed by atoms with Crippen molar-refractivity contribution in [3.8, 4) is 11.4 Å². The summed E-state index contributed by atoms with van der Waals surface area (Å²) in [6.45, 7) is 1.77. The lowest BCUT2D eigenvalue weighted by molar-refractivity contribution is -0.384. The summed E-state index contributed by atoms with van der Waals surface area (Å²) in [5.41, 5.74) is 4.17. The number of nitro groups is 1. The van der Waals surface area contributed by atoms with Gasteiger partial charge < -0.3 is 10.7 Å². The number of aromatic amines is 1. The molecule has 0 radical (unpaired) electrons. The number of amides is 1. The third-order valence-electron chi connectivity index (χ3n) is 4.63. The van der Waals surface area contributed by atoms with E-state index in [0.717, 1.165) is 5.56 Å². The van der Waals surface area contributed by atoms with Crippen LogP contribution in [-0.4, -0.2) is 38.2 Å². The number of imidazole rings is 1. The van der Waals surface area contributed by atoms with Crippen LogP contribution in [0.25, 0.3) is 22.6 Å². The molecule has 1 amide bonds. The Bertz CT molecular complexity index is 1550. The van der Waals surface area contributed by atoms with E-state index < -0.39 is 32.2 Å². The van der Waals surface area contributed by atoms with Gasteiger partial charge in [0.2, 0.25) is 0 Å². The first kappa shape index (κ1) is 20.9. The Morgan fingerprint density at radius 1 is 1.09 bits per heavy atom. The minimum Gasteiger partial charge on any atom is -0.364 e. The second kappa shape index (κ2) is 7.39. The number of fused-ring (bicyclic) bond motifs is 1. The normalized spacial score (nSPS) is 11.5. The first-order valence-electron chi connectivity index (χ1n) is 8.99. The topological polar surface area (TPSA) is 184 Å². The summed E-state index contributed by atoms with van der Waals surface area (Å²) < 4.78 is 26.8. The number of nitrogens with two attached hydrogens (primary N) is 1. The molecule has 0 atom stereocenters. The molecular formula is C19H14N6O6S. The third kappa shape index (κ3) is 3.39. The molecule has 2 aromatic heterocycles. The summed E-state index contributed by atoms with van der Waals surface area (Å²) >= 11 is 0. The molecule has 0 unspecified atom stereocenters. The number of rotatable bonds is 5. The molecule has 0 aliphatic carbocycles. The van der Waals surface area contributed by atoms with Crippen molar-refractivity contribution in [2.75, 3.05) is 0 Å². The number of non-ortho nitro benzene ring substituents is 1. The molecule has 0 bridgehead atoms. The monoisotopic (exact) mass is 454 g/mol. The molecular weight excluding hydrogens is 440 g/mol. The highest BCUT2D eigenvalue weighted by molar-refractivity contribution is 7.90. The molecule has 2 heterocycles. The van der Waals surface area contributed by atoms with Crippen molar-refractivity contribution in [1.29, 1.82) is 0 Å². The summed E-state index contributed by atoms with van der Waals surface area (Å²) in [5.74, 6) is -1.17. The van der Waals surface area contributed by atoms with Crippen LogP contribution in [0.2, 0.25) is 0 Å². The van der Waals surface area contributed by atoms with Crippen molar-refractivity contribution < 1.29 is 18.1 Å². The second-order valence-corrected chi connectivity index (χ2v) is 8.56. The van der Waals surface area contributed by atoms with Crippen molar-refractivity contribution in [2.24, 2.45) is 5.73 Å². The van der Waals surface area contributed by atoms with E-state index in [1.807, 2.05) is 0 Å². The molecule has 13 heteroatoms. The van der Waals surface area contributed by atoms with Gasteiger partial charge in [-0.3, -0.25) is 14.9 Å². The van der Waals surface area contributed by atoms with Crippen LogP contribution in [0.1, 0.15) is 16.1 Å². The zero-order valence-corrected chi connectivity index (χ0v) is 17.2. The SMILES string of the molecule is Cc1ccc(S(=O)(=O)n2c(=O)[nH]c3c(C(N)=O)nc(-c4ccc([N+](=O)[O-])cc4)nc32)cc1. The standard InChI is InChI=1S/C19H14N6O6S/c1-10-2-8-13(9-3-10)32(30,31)24-18-15(22-19(24)27)14(16(20)26)21-17(23-18)11-4-6-12(7-5-11)25(28)29/h2-9H,1H3,(H2,20,26)(H,22,27). The number of nitro benzene ring substituents is 1. The maximum Gasteiger partial charge on any atom is 0.342 e. The maximum atomic E-state index is 13.2. The number of nitrogens with one attached hydrogen (secondary N) is 1. The van der Waals surface area contributed by atoms with E-state index >= 15 is 0 Å². The smallest absolute Gasteiger partial charge is 0.342 e. The molecule has 162 valence electrons. The van der Waals surface area contributed by atoms with E-state index in [1.54, 1.807) is 19.1 Å². The summed E-state index contributed by atoms with van der Waals surface area (Å²) in [5, 5.41) is 10.9. The molecule has 32 heavy (non-hydrogen) atoms. The first-order chi connectivity index (χ1) is 15.1. The lowest BCUT2D eigenvalue weighted by Crippen LogP contribution is -2.25. The average Bonchev–Trinajstić information content (AvgIpc) is 3.09. The quantitative estimate of drug-likeness (QED) is 0.334. The number of hydrogen-bond donors (Lipinski definition) is 2. The summed E-state index contributed by atoms with van der Waals surface area (Å²) in [4.78, 5) is 45.2. The van der Waals surface area contributed by atoms with Crippen LogP contribution in [0.3, 0.4) is 0 Å². The zero-order chi connectivity index (χ0) is 23.2. The van der Waals surface area contributed by atoms with Crippen molar-refractivity contribution in [3.63, 3.8) is 0 Å². The second-order valence-electron chi connectivity index (χ2n) is 6.78. The van der Waals surface area contributed by atoms with E-state index in [9.17, 15) is 28.1 Å². The van der Waals surface area contributed by atoms with Crippen LogP contribution in [0.15, 0.2) is 58.2 Å². The minimum atomic E-state index is -4.39. The molecule has 0 saturated heterocycles. The fraction of sp³-hybridized carbons (Fsp3) is 0.0526. The Morgan fingerprint density at radius 3 is 2.28 bits per heavy atom. The fourth-order valence-electron chi connectivity index (χ4n) is 3.04. The summed E-state index contributed by atoms with van der Waals surface area (Å²) in [6, 6.07) is 10.9. The first-order valence-corrected chi connectivity index (χ1v) is 10.4. The molecule has 0 fully saturated rings. The predicted molar refractivity (Wildman–Crippen MR) is 113 cm³/mol. The van der Waals surface area contributed by atoms with Gasteiger partial charge >= 0.3 is 5.69 Å². The van der Waals surface area contributed by atoms with Gasteiger partial charge in [0.05, 0.1) is 9.82 Å². The van der Waals surface area contributed by atoms with Crippen molar-refractivity contribution in [1.82, 2.24) is 18.9 Å². The van der Waals surface area contributed by atoms with E-state index in [4.69, 9.17) is 5.73 Å². The molecule has 0 aliphatic heterocycles. The number of aromatic nitrogens is 4. The summed E-state index contributed by atoms with van der Waals surface area (Å²) in [6.07, 6.45) is 0. The van der Waals surface area contributed by atoms with E-state index in [2.05, 4.69) is 15.0 Å². The van der Waals surface area contributed by atoms with Crippen LogP contribution in [0.4, 0.5) is 5.69 Å². The third-order valence-corrected chi connectivity index (χ3v) is 6.31. The lowest BCUT2D eigenvalue weighted by Gasteiger charge is -2.08. The minimum absolute atomic E-state index is 0.145. The number of aryl methyl sites for hydroxylation is 1. The Labute approximate surface area is 179 Å². The molecule has 3 N–H and O–H groups in total. The Balaban J connectivity index is 2.00. The maximum absolute atomic E-state index is 13.2. The number of nitrogens with zero attached hydrogens (tertiary/aromatic N) is 4. The summed E-state index contributed by atoms with van der Waals surface area (Å²) in [7, 11) is -4.39. The molecule has 0 aliphatic rings. The van der Waals surface area contributed by atoms with Crippen molar-refractivity contribution >= 4 is 32.8 Å². The number of benzene rings is 2. The van der Waals surface area contributed by atoms with Crippen molar-refractivity contribution in [2.45, 2.75) is 11.8 Å². The Kier molecular flexibility index (Phi) is 4.82. The molecule has 2 aromatic carbocycles. The van der Waals surface area contributed by atoms with E-state index in [1.165, 1.54) is 36.4 Å². The highest BCUT2D eigenvalue weighted by Gasteiger charge is 2.27. The van der Waals surface area contributed by atoms with Gasteiger partial charge in [0.15, 0.2) is 17.2 Å². The van der Waals surface area contributed by atoms with Gasteiger partial charge in [0.1, 0.15) is 5.52 Å². The Morgan fingerprint density at radius 2 is 1.72 bits per heavy atom. The predicted octanol–water partition coefficient (Wildman–Crippen LogP) is 1.34. The molecule has 4 rings (SSSR count). The zero-order valence-electron chi connectivity index (χ0n) is 16.3. The molecule has 0 spiro atoms. The molecule has 4 aromatic rings. The van der Waals surface area contributed by atoms with Gasteiger partial charge in [-0.25, -0.2) is 23.2 Å².